The number of benzene rings is 1. The number of rotatable bonds is 3. The van der Waals surface area contributed by atoms with E-state index < -0.39 is 17.7 Å². The molecule has 1 atom stereocenters. The molecular weight excluding hydrogens is 310 g/mol. The fraction of sp³-hybridized carbons (Fsp3) is 0.200. The first-order valence-electron chi connectivity index (χ1n) is 4.98. The van der Waals surface area contributed by atoms with Crippen molar-refractivity contribution in [2.75, 3.05) is 5.32 Å². The topological polar surface area (TPSA) is 77.0 Å². The molecule has 2 rings (SSSR count). The van der Waals surface area contributed by atoms with Gasteiger partial charge in [-0.05, 0) is 19.1 Å². The third-order valence-electron chi connectivity index (χ3n) is 2.07. The minimum absolute atomic E-state index is 0.123. The monoisotopic (exact) mass is 318 g/mol. The van der Waals surface area contributed by atoms with E-state index in [1.807, 2.05) is 0 Å². The van der Waals surface area contributed by atoms with Gasteiger partial charge in [-0.1, -0.05) is 21.0 Å². The summed E-state index contributed by atoms with van der Waals surface area (Å²) >= 11 is 2.98. The number of anilines is 2. The molecule has 96 valence electrons. The normalized spacial score (nSPS) is 12.5. The van der Waals surface area contributed by atoms with Crippen molar-refractivity contribution in [3.8, 4) is 0 Å². The quantitative estimate of drug-likeness (QED) is 0.910. The lowest BCUT2D eigenvalue weighted by Gasteiger charge is -2.05. The van der Waals surface area contributed by atoms with Crippen LogP contribution >= 0.6 is 15.9 Å². The van der Waals surface area contributed by atoms with Gasteiger partial charge >= 0.3 is 6.01 Å². The van der Waals surface area contributed by atoms with Gasteiger partial charge in [-0.3, -0.25) is 0 Å². The number of aromatic nitrogens is 2. The first-order valence-corrected chi connectivity index (χ1v) is 5.77. The molecule has 0 aliphatic heterocycles. The highest BCUT2D eigenvalue weighted by Crippen LogP contribution is 2.26. The predicted octanol–water partition coefficient (Wildman–Crippen LogP) is 2.87. The van der Waals surface area contributed by atoms with Gasteiger partial charge in [-0.15, -0.1) is 5.10 Å². The Labute approximate surface area is 110 Å². The first-order chi connectivity index (χ1) is 8.47. The maximum Gasteiger partial charge on any atom is 0.320 e. The summed E-state index contributed by atoms with van der Waals surface area (Å²) in [5.41, 5.74) is 5.16. The van der Waals surface area contributed by atoms with Crippen LogP contribution < -0.4 is 11.1 Å². The number of hydrogen-bond donors (Lipinski definition) is 2. The van der Waals surface area contributed by atoms with E-state index in [9.17, 15) is 8.78 Å². The van der Waals surface area contributed by atoms with Gasteiger partial charge in [-0.2, -0.15) is 0 Å². The highest BCUT2D eigenvalue weighted by Gasteiger charge is 2.15. The van der Waals surface area contributed by atoms with Crippen molar-refractivity contribution in [1.29, 1.82) is 0 Å². The Hall–Kier alpha value is -1.54. The molecule has 0 fully saturated rings. The van der Waals surface area contributed by atoms with Gasteiger partial charge in [0, 0.05) is 4.47 Å². The van der Waals surface area contributed by atoms with E-state index in [0.29, 0.717) is 4.47 Å². The molecule has 0 bridgehead atoms. The second-order valence-electron chi connectivity index (χ2n) is 3.60. The van der Waals surface area contributed by atoms with Gasteiger partial charge < -0.3 is 15.5 Å². The lowest BCUT2D eigenvalue weighted by Crippen LogP contribution is -2.04. The molecule has 1 aromatic carbocycles. The van der Waals surface area contributed by atoms with Crippen LogP contribution in [0.25, 0.3) is 0 Å². The van der Waals surface area contributed by atoms with E-state index in [-0.39, 0.29) is 17.6 Å². The number of halogens is 3. The molecule has 8 heteroatoms. The molecule has 0 saturated carbocycles. The summed E-state index contributed by atoms with van der Waals surface area (Å²) in [7, 11) is 0. The summed E-state index contributed by atoms with van der Waals surface area (Å²) in [5.74, 6) is -1.37. The minimum atomic E-state index is -0.776. The number of hydrogen-bond acceptors (Lipinski definition) is 5. The highest BCUT2D eigenvalue weighted by atomic mass is 79.9. The van der Waals surface area contributed by atoms with Crippen molar-refractivity contribution in [2.45, 2.75) is 13.0 Å². The molecule has 0 amide bonds. The van der Waals surface area contributed by atoms with Crippen LogP contribution in [-0.4, -0.2) is 10.2 Å². The van der Waals surface area contributed by atoms with Gasteiger partial charge in [-0.25, -0.2) is 8.78 Å². The molecule has 5 nitrogen and oxygen atoms in total. The Morgan fingerprint density at radius 3 is 2.44 bits per heavy atom. The van der Waals surface area contributed by atoms with Crippen LogP contribution in [0.4, 0.5) is 20.5 Å². The number of nitrogens with two attached hydrogens (primary N) is 1. The fourth-order valence-electron chi connectivity index (χ4n) is 1.24. The lowest BCUT2D eigenvalue weighted by molar-refractivity contribution is 0.474. The largest absolute Gasteiger partial charge is 0.406 e. The van der Waals surface area contributed by atoms with Gasteiger partial charge in [0.2, 0.25) is 5.89 Å². The maximum absolute atomic E-state index is 13.5. The molecule has 3 N–H and O–H groups in total. The van der Waals surface area contributed by atoms with E-state index in [1.165, 1.54) is 0 Å². The average molecular weight is 319 g/mol. The Morgan fingerprint density at radius 1 is 1.33 bits per heavy atom. The van der Waals surface area contributed by atoms with Crippen LogP contribution in [0.3, 0.4) is 0 Å². The van der Waals surface area contributed by atoms with Crippen LogP contribution in [0.2, 0.25) is 0 Å². The summed E-state index contributed by atoms with van der Waals surface area (Å²) in [6, 6.07) is 1.66. The van der Waals surface area contributed by atoms with Crippen molar-refractivity contribution in [2.24, 2.45) is 5.73 Å². The van der Waals surface area contributed by atoms with Crippen molar-refractivity contribution in [3.05, 3.63) is 34.1 Å². The third kappa shape index (κ3) is 2.65. The summed E-state index contributed by atoms with van der Waals surface area (Å²) in [6.45, 7) is 1.65. The number of nitrogens with one attached hydrogen (secondary N) is 1. The van der Waals surface area contributed by atoms with Gasteiger partial charge in [0.25, 0.3) is 0 Å². The summed E-state index contributed by atoms with van der Waals surface area (Å²) in [4.78, 5) is 0. The molecule has 0 spiro atoms. The molecule has 0 radical (unpaired) electrons. The smallest absolute Gasteiger partial charge is 0.320 e. The summed E-state index contributed by atoms with van der Waals surface area (Å²) < 4.78 is 32.4. The van der Waals surface area contributed by atoms with Gasteiger partial charge in [0.1, 0.15) is 5.69 Å². The minimum Gasteiger partial charge on any atom is -0.406 e. The predicted molar refractivity (Wildman–Crippen MR) is 64.2 cm³/mol. The van der Waals surface area contributed by atoms with Crippen molar-refractivity contribution in [1.82, 2.24) is 10.2 Å². The van der Waals surface area contributed by atoms with E-state index in [0.717, 1.165) is 12.1 Å². The molecule has 18 heavy (non-hydrogen) atoms. The van der Waals surface area contributed by atoms with E-state index in [4.69, 9.17) is 10.2 Å². The molecule has 2 aromatic rings. The Bertz CT molecular complexity index is 550. The number of nitrogens with zero attached hydrogens (tertiary/aromatic N) is 2. The van der Waals surface area contributed by atoms with Gasteiger partial charge in [0.15, 0.2) is 11.6 Å². The van der Waals surface area contributed by atoms with Gasteiger partial charge in [0.05, 0.1) is 6.04 Å². The zero-order chi connectivity index (χ0) is 13.3. The lowest BCUT2D eigenvalue weighted by atomic mass is 10.3. The fourth-order valence-corrected chi connectivity index (χ4v) is 1.64. The summed E-state index contributed by atoms with van der Waals surface area (Å²) in [6.07, 6.45) is 0. The first kappa shape index (κ1) is 12.9. The SMILES string of the molecule is CC(N)c1nnc(Nc2c(F)cc(Br)cc2F)o1. The maximum atomic E-state index is 13.5. The standard InChI is InChI=1S/C10H9BrF2N4O/c1-4(14)9-16-17-10(18-9)15-8-6(12)2-5(11)3-7(8)13/h2-4H,14H2,1H3,(H,15,17). The zero-order valence-electron chi connectivity index (χ0n) is 9.25. The van der Waals surface area contributed by atoms with Crippen molar-refractivity contribution >= 4 is 27.6 Å². The second kappa shape index (κ2) is 4.99. The molecule has 0 aliphatic rings. The molecule has 1 heterocycles. The van der Waals surface area contributed by atoms with E-state index in [1.54, 1.807) is 6.92 Å². The third-order valence-corrected chi connectivity index (χ3v) is 2.53. The highest BCUT2D eigenvalue weighted by molar-refractivity contribution is 9.10. The van der Waals surface area contributed by atoms with E-state index >= 15 is 0 Å². The van der Waals surface area contributed by atoms with E-state index in [2.05, 4.69) is 31.4 Å². The molecule has 0 aliphatic carbocycles. The molecular formula is C10H9BrF2N4O. The van der Waals surface area contributed by atoms with Crippen LogP contribution in [0, 0.1) is 11.6 Å². The Kier molecular flexibility index (Phi) is 3.58. The van der Waals surface area contributed by atoms with Crippen molar-refractivity contribution in [3.63, 3.8) is 0 Å². The average Bonchev–Trinajstić information content (AvgIpc) is 2.71. The summed E-state index contributed by atoms with van der Waals surface area (Å²) in [5, 5.41) is 9.59. The zero-order valence-corrected chi connectivity index (χ0v) is 10.8. The van der Waals surface area contributed by atoms with Crippen LogP contribution in [0.1, 0.15) is 18.9 Å². The van der Waals surface area contributed by atoms with Crippen molar-refractivity contribution < 1.29 is 13.2 Å². The molecule has 1 unspecified atom stereocenters. The Morgan fingerprint density at radius 2 is 1.94 bits per heavy atom. The molecule has 0 saturated heterocycles. The second-order valence-corrected chi connectivity index (χ2v) is 4.52. The van der Waals surface area contributed by atoms with Crippen LogP contribution in [0.15, 0.2) is 21.0 Å². The van der Waals surface area contributed by atoms with Crippen LogP contribution in [0.5, 0.6) is 0 Å². The van der Waals surface area contributed by atoms with Crippen LogP contribution in [-0.2, 0) is 0 Å². The Balaban J connectivity index is 2.28. The molecule has 1 aromatic heterocycles.